The van der Waals surface area contributed by atoms with Crippen molar-refractivity contribution in [3.8, 4) is 5.75 Å². The maximum absolute atomic E-state index is 15.5. The molecule has 0 radical (unpaired) electrons. The zero-order chi connectivity index (χ0) is 95.0. The van der Waals surface area contributed by atoms with Gasteiger partial charge in [-0.05, 0) is 70.5 Å². The van der Waals surface area contributed by atoms with Crippen LogP contribution in [0.2, 0.25) is 0 Å². The zero-order valence-electron chi connectivity index (χ0n) is 71.7. The summed E-state index contributed by atoms with van der Waals surface area (Å²) in [5, 5.41) is 38.2. The van der Waals surface area contributed by atoms with Crippen LogP contribution in [0.4, 0.5) is 32.2 Å². The van der Waals surface area contributed by atoms with Gasteiger partial charge in [0.2, 0.25) is 24.7 Å². The number of hydrogen-bond donors (Lipinski definition) is 9. The molecule has 9 rings (SSSR count). The third kappa shape index (κ3) is 24.7. The van der Waals surface area contributed by atoms with Crippen LogP contribution < -0.4 is 43.6 Å². The molecule has 2 unspecified atom stereocenters. The Morgan fingerprint density at radius 3 is 1.55 bits per heavy atom. The second-order valence-corrected chi connectivity index (χ2v) is 32.3. The number of nitrogen functional groups attached to an aromatic ring is 1. The highest BCUT2D eigenvalue weighted by Crippen LogP contribution is 2.53. The molecule has 2 aromatic rings. The van der Waals surface area contributed by atoms with E-state index in [1.165, 1.54) is 101 Å². The number of carbonyl (C=O) groups is 8. The highest BCUT2D eigenvalue weighted by atomic mass is 31.2. The molecule has 1 aromatic carbocycles. The summed E-state index contributed by atoms with van der Waals surface area (Å²) in [7, 11) is -4.49. The number of anilines is 1. The van der Waals surface area contributed by atoms with Gasteiger partial charge in [0.15, 0.2) is 41.0 Å². The molecule has 7 aliphatic heterocycles. The fraction of sp³-hybridized carbons (Fsp3) is 0.556. The molecule has 127 heavy (non-hydrogen) atoms. The van der Waals surface area contributed by atoms with Gasteiger partial charge < -0.3 is 115 Å². The summed E-state index contributed by atoms with van der Waals surface area (Å²) in [5.41, 5.74) is 9.67. The summed E-state index contributed by atoms with van der Waals surface area (Å²) in [6.07, 6.45) is -4.17. The number of hydrogen-bond acceptors (Lipinski definition) is 36. The Kier molecular flexibility index (Phi) is 36.7. The number of ether oxygens (including phenoxy) is 11. The standard InChI is InChI=1S/C25H36FN4O9P.C20H27F2N3O5.C18H26FN3O6.C17H21F2N3O6.CH4/c1-15(2)37-21(32)16(3)29-40(35,39-19-8-6-18(12-27)7-9-19)36-14-25(13-26)22(33)24(5,34)23(38-25)30-11-10-20(31)28-17(30)4;1-7-19(10-28-15(26)11(2)3)17(29-16(27)12(4)5)20(21,22)18(30-19)25-9-8-14(23)24-13(25)6;1-5-13(23)26-10-18(9-19)15(27-14(24)6-2)17(4,25)16(28-18)22-8-7-12(20)21-11(22)3;1-4-11(23)26-9-16(6-3)13(27-12(24)5-2)17(18,19)14(28-16)22-8-7-10(20)21-15(22)25;/h6-11,15-16,22-23,33-34H,4,12-14,27H2,1-3,5H3,(H,28,31)(H,29,35);7-9,11-12,17-18H,1,6,10H2,2-5H3,(H2,23,24);7-8,15-16,25H,3,5-6,9-10H2,1-2,4H3,(H2,20,21);6-8,13-14H,3-5,9H2,1-2H3,(H2,20,21,25);1H4/t16?,22-,23+,24+,25+,40?;17-,18-,19-;15-,16+,17+,18+;13-,14-,16-;/m0101./s1. The normalized spacial score (nSPS) is 28.5. The summed E-state index contributed by atoms with van der Waals surface area (Å²) in [4.78, 5) is 122. The lowest BCUT2D eigenvalue weighted by molar-refractivity contribution is -0.184. The summed E-state index contributed by atoms with van der Waals surface area (Å²) >= 11 is 0. The van der Waals surface area contributed by atoms with Crippen LogP contribution in [0.25, 0.3) is 0 Å². The smallest absolute Gasteiger partial charge is 0.459 e. The van der Waals surface area contributed by atoms with Gasteiger partial charge in [0.25, 0.3) is 5.91 Å². The largest absolute Gasteiger partial charge is 0.462 e. The Morgan fingerprint density at radius 1 is 0.614 bits per heavy atom. The summed E-state index contributed by atoms with van der Waals surface area (Å²) in [6.45, 7) is 32.5. The van der Waals surface area contributed by atoms with Crippen LogP contribution in [-0.2, 0) is 106 Å². The molecule has 0 aliphatic carbocycles. The maximum Gasteiger partial charge on any atom is 0.459 e. The number of aliphatic imine (C=N–C) groups is 2. The first-order chi connectivity index (χ1) is 58.7. The van der Waals surface area contributed by atoms with Gasteiger partial charge in [-0.3, -0.25) is 47.4 Å². The maximum atomic E-state index is 15.5. The molecule has 8 heterocycles. The minimum atomic E-state index is -4.49. The number of amides is 1. The number of nitrogens with one attached hydrogen (secondary N) is 2. The van der Waals surface area contributed by atoms with Gasteiger partial charge in [-0.15, -0.1) is 0 Å². The number of benzene rings is 1. The number of nitrogens with two attached hydrogens (primary N) is 4. The average molecular weight is 1830 g/mol. The van der Waals surface area contributed by atoms with E-state index in [2.05, 4.69) is 58.3 Å². The van der Waals surface area contributed by atoms with Gasteiger partial charge in [-0.1, -0.05) is 120 Å². The van der Waals surface area contributed by atoms with Gasteiger partial charge in [0.1, 0.15) is 97.2 Å². The molecule has 4 saturated heterocycles. The lowest BCUT2D eigenvalue weighted by Gasteiger charge is -2.37. The Balaban J connectivity index is 0.000000303. The zero-order valence-corrected chi connectivity index (χ0v) is 72.6. The topological polar surface area (TPSA) is 532 Å². The molecular formula is C81H114F6N13O26P. The van der Waals surface area contributed by atoms with E-state index in [1.54, 1.807) is 53.7 Å². The summed E-state index contributed by atoms with van der Waals surface area (Å²) in [5.74, 6) is -14.1. The Bertz CT molecular complexity index is 4630. The van der Waals surface area contributed by atoms with Crippen LogP contribution in [-0.4, -0.2) is 239 Å². The average Bonchev–Trinajstić information content (AvgIpc) is 1.59. The number of esters is 7. The monoisotopic (exact) mass is 1830 g/mol. The lowest BCUT2D eigenvalue weighted by Crippen LogP contribution is -2.57. The third-order valence-corrected chi connectivity index (χ3v) is 21.3. The second kappa shape index (κ2) is 43.8. The van der Waals surface area contributed by atoms with Crippen molar-refractivity contribution < 1.29 is 146 Å². The molecule has 13 N–H and O–H groups in total. The van der Waals surface area contributed by atoms with Crippen molar-refractivity contribution in [2.24, 2.45) is 39.0 Å². The highest BCUT2D eigenvalue weighted by Gasteiger charge is 2.72. The predicted molar refractivity (Wildman–Crippen MR) is 442 cm³/mol. The van der Waals surface area contributed by atoms with Crippen molar-refractivity contribution in [2.45, 2.75) is 237 Å². The molecule has 16 atom stereocenters. The van der Waals surface area contributed by atoms with E-state index < -0.39 is 220 Å². The van der Waals surface area contributed by atoms with Gasteiger partial charge in [-0.25, -0.2) is 28.1 Å². The quantitative estimate of drug-likeness (QED) is 0.0129. The minimum Gasteiger partial charge on any atom is -0.462 e. The fourth-order valence-electron chi connectivity index (χ4n) is 12.7. The Morgan fingerprint density at radius 2 is 1.08 bits per heavy atom. The van der Waals surface area contributed by atoms with Crippen LogP contribution in [0.5, 0.6) is 5.75 Å². The van der Waals surface area contributed by atoms with Crippen LogP contribution in [0.15, 0.2) is 151 Å². The molecule has 0 spiro atoms. The molecule has 39 nitrogen and oxygen atoms in total. The van der Waals surface area contributed by atoms with E-state index in [-0.39, 0.29) is 80.4 Å². The molecule has 1 amide bonds. The molecule has 0 bridgehead atoms. The molecule has 706 valence electrons. The van der Waals surface area contributed by atoms with E-state index in [0.717, 1.165) is 41.0 Å². The summed E-state index contributed by atoms with van der Waals surface area (Å²) < 4.78 is 174. The predicted octanol–water partition coefficient (Wildman–Crippen LogP) is 6.06. The number of aliphatic hydroxyl groups is 3. The fourth-order valence-corrected chi connectivity index (χ4v) is 14.3. The van der Waals surface area contributed by atoms with Gasteiger partial charge >= 0.3 is 67.1 Å². The van der Waals surface area contributed by atoms with Crippen molar-refractivity contribution in [3.63, 3.8) is 0 Å². The van der Waals surface area contributed by atoms with Gasteiger partial charge in [0.05, 0.1) is 24.5 Å². The van der Waals surface area contributed by atoms with Crippen LogP contribution in [0.3, 0.4) is 0 Å². The van der Waals surface area contributed by atoms with Crippen molar-refractivity contribution >= 4 is 72.9 Å². The van der Waals surface area contributed by atoms with E-state index in [9.17, 15) is 71.8 Å². The third-order valence-electron chi connectivity index (χ3n) is 19.7. The first-order valence-corrected chi connectivity index (χ1v) is 40.9. The lowest BCUT2D eigenvalue weighted by atomic mass is 9.87. The number of halogens is 6. The molecule has 0 saturated carbocycles. The van der Waals surface area contributed by atoms with E-state index in [4.69, 9.17) is 84.1 Å². The number of aliphatic hydroxyl groups excluding tert-OH is 1. The number of rotatable bonds is 33. The van der Waals surface area contributed by atoms with Crippen molar-refractivity contribution in [1.29, 1.82) is 0 Å². The Hall–Kier alpha value is -10.9. The van der Waals surface area contributed by atoms with E-state index >= 15 is 17.6 Å². The second-order valence-electron chi connectivity index (χ2n) is 30.6. The molecule has 7 aliphatic rings. The first kappa shape index (κ1) is 107. The summed E-state index contributed by atoms with van der Waals surface area (Å²) in [6, 6.07) is 6.16. The number of amidine groups is 2. The van der Waals surface area contributed by atoms with Crippen molar-refractivity contribution in [2.75, 3.05) is 45.5 Å². The number of nitrogens with zero attached hydrogens (tertiary/aromatic N) is 7. The number of alkyl halides is 6. The molecular weight excluding hydrogens is 1720 g/mol. The van der Waals surface area contributed by atoms with Crippen LogP contribution in [0.1, 0.15) is 135 Å². The van der Waals surface area contributed by atoms with Gasteiger partial charge in [0, 0.05) is 63.1 Å². The molecule has 46 heteroatoms. The van der Waals surface area contributed by atoms with E-state index in [0.29, 0.717) is 4.57 Å². The van der Waals surface area contributed by atoms with Gasteiger partial charge in [-0.2, -0.15) is 27.6 Å². The van der Waals surface area contributed by atoms with Crippen LogP contribution >= 0.6 is 7.75 Å². The molecule has 1 aromatic heterocycles. The Labute approximate surface area is 729 Å². The molecule has 4 fully saturated rings. The SMILES string of the molecule is C.C=C1N=C(N)C=CN1[C@@H]1O[C@](CF)(COC(=O)CC)[C@@H](OC(=O)CC)[C@@]1(C)O.C=C1NC(=O)C=CN1[C@@H]1O[C@](CF)(COP(=O)(NC(C)C(=O)OC(C)C)Oc2ccc(CN)cc2)[C@@H](O)[C@@]1(C)O.C=C[C@]1(COC(=O)C(C)C)O[C@@H](N2C=CC(N)=NC2=C)C(F)(F)[C@@H]1OC(=O)C(C)C.C=C[C@]1(COC(=O)CC)O[C@@H](n2ccc(N)nc2=O)C(F)(F)[C@@H]1OC(=O)CC. The minimum absolute atomic E-state index is 0. The number of aromatic nitrogens is 2. The number of carbonyl (C=O) groups excluding carboxylic acids is 8. The van der Waals surface area contributed by atoms with Crippen LogP contribution in [0, 0.1) is 11.8 Å². The first-order valence-electron chi connectivity index (χ1n) is 39.3. The highest BCUT2D eigenvalue weighted by molar-refractivity contribution is 7.52. The van der Waals surface area contributed by atoms with E-state index in [1.807, 2.05) is 0 Å². The van der Waals surface area contributed by atoms with Crippen molar-refractivity contribution in [3.05, 3.63) is 152 Å². The van der Waals surface area contributed by atoms with Crippen molar-refractivity contribution in [1.82, 2.24) is 34.7 Å².